The van der Waals surface area contributed by atoms with Crippen molar-refractivity contribution < 1.29 is 4.79 Å². The maximum absolute atomic E-state index is 12.0. The van der Waals surface area contributed by atoms with E-state index in [1.54, 1.807) is 0 Å². The average Bonchev–Trinajstić information content (AvgIpc) is 2.27. The van der Waals surface area contributed by atoms with Crippen LogP contribution in [0.4, 0.5) is 0 Å². The molecule has 1 N–H and O–H groups in total. The Morgan fingerprint density at radius 3 is 2.31 bits per heavy atom. The summed E-state index contributed by atoms with van der Waals surface area (Å²) in [5.41, 5.74) is -0.543. The minimum atomic E-state index is -0.819. The molecule has 0 aromatic heterocycles. The van der Waals surface area contributed by atoms with Gasteiger partial charge in [0.15, 0.2) is 0 Å². The number of carbonyl (C=O) groups is 1. The molecule has 0 heterocycles. The molecule has 0 unspecified atom stereocenters. The molecule has 0 saturated heterocycles. The molecule has 1 fully saturated rings. The lowest BCUT2D eigenvalue weighted by atomic mass is 9.70. The molecule has 3 nitrogen and oxygen atoms in total. The molecule has 90 valence electrons. The standard InChI is InChI=1S/C13H22N2O/c1-4-13(5-2,9-14)11(16)15-10-12(3)7-6-8-12/h4-8,10H2,1-3H3,(H,15,16). The van der Waals surface area contributed by atoms with Gasteiger partial charge in [0.25, 0.3) is 0 Å². The molecule has 1 amide bonds. The van der Waals surface area contributed by atoms with E-state index < -0.39 is 5.41 Å². The third-order valence-corrected chi connectivity index (χ3v) is 4.09. The van der Waals surface area contributed by atoms with Gasteiger partial charge in [0, 0.05) is 6.54 Å². The van der Waals surface area contributed by atoms with Crippen LogP contribution in [0.3, 0.4) is 0 Å². The zero-order valence-corrected chi connectivity index (χ0v) is 10.6. The third kappa shape index (κ3) is 2.37. The molecular formula is C13H22N2O. The van der Waals surface area contributed by atoms with Gasteiger partial charge < -0.3 is 5.32 Å². The van der Waals surface area contributed by atoms with Crippen molar-refractivity contribution in [2.45, 2.75) is 52.9 Å². The summed E-state index contributed by atoms with van der Waals surface area (Å²) >= 11 is 0. The largest absolute Gasteiger partial charge is 0.354 e. The number of rotatable bonds is 5. The maximum Gasteiger partial charge on any atom is 0.240 e. The Bertz CT molecular complexity index is 296. The lowest BCUT2D eigenvalue weighted by Crippen LogP contribution is -2.45. The van der Waals surface area contributed by atoms with Crippen molar-refractivity contribution in [1.29, 1.82) is 5.26 Å². The van der Waals surface area contributed by atoms with E-state index in [1.165, 1.54) is 19.3 Å². The smallest absolute Gasteiger partial charge is 0.240 e. The molecular weight excluding hydrogens is 200 g/mol. The fourth-order valence-corrected chi connectivity index (χ4v) is 2.20. The second-order valence-electron chi connectivity index (χ2n) is 5.25. The number of hydrogen-bond donors (Lipinski definition) is 1. The van der Waals surface area contributed by atoms with E-state index in [0.29, 0.717) is 12.8 Å². The molecule has 1 rings (SSSR count). The van der Waals surface area contributed by atoms with Gasteiger partial charge >= 0.3 is 0 Å². The minimum absolute atomic E-state index is 0.0897. The van der Waals surface area contributed by atoms with Crippen molar-refractivity contribution in [2.75, 3.05) is 6.54 Å². The van der Waals surface area contributed by atoms with Crippen LogP contribution in [0.1, 0.15) is 52.9 Å². The molecule has 3 heteroatoms. The first-order chi connectivity index (χ1) is 7.52. The predicted octanol–water partition coefficient (Wildman–Crippen LogP) is 2.62. The normalized spacial score (nSPS) is 18.4. The highest BCUT2D eigenvalue weighted by Crippen LogP contribution is 2.39. The van der Waals surface area contributed by atoms with Gasteiger partial charge in [-0.15, -0.1) is 0 Å². The highest BCUT2D eigenvalue weighted by molar-refractivity contribution is 5.85. The van der Waals surface area contributed by atoms with Gasteiger partial charge in [-0.1, -0.05) is 27.2 Å². The first-order valence-corrected chi connectivity index (χ1v) is 6.21. The molecule has 0 aromatic carbocycles. The van der Waals surface area contributed by atoms with Crippen LogP contribution in [0, 0.1) is 22.2 Å². The topological polar surface area (TPSA) is 52.9 Å². The number of carbonyl (C=O) groups excluding carboxylic acids is 1. The number of nitrogens with one attached hydrogen (secondary N) is 1. The van der Waals surface area contributed by atoms with Crippen LogP contribution >= 0.6 is 0 Å². The quantitative estimate of drug-likeness (QED) is 0.777. The van der Waals surface area contributed by atoms with E-state index in [2.05, 4.69) is 18.3 Å². The highest BCUT2D eigenvalue weighted by atomic mass is 16.2. The molecule has 0 aromatic rings. The molecule has 16 heavy (non-hydrogen) atoms. The summed E-state index contributed by atoms with van der Waals surface area (Å²) in [6, 6.07) is 2.17. The van der Waals surface area contributed by atoms with Crippen molar-refractivity contribution in [3.05, 3.63) is 0 Å². The Kier molecular flexibility index (Phi) is 3.96. The first kappa shape index (κ1) is 13.0. The molecule has 0 spiro atoms. The molecule has 1 saturated carbocycles. The Balaban J connectivity index is 2.53. The van der Waals surface area contributed by atoms with Gasteiger partial charge in [0.1, 0.15) is 5.41 Å². The van der Waals surface area contributed by atoms with Gasteiger partial charge in [0.2, 0.25) is 5.91 Å². The van der Waals surface area contributed by atoms with Crippen molar-refractivity contribution in [2.24, 2.45) is 10.8 Å². The Labute approximate surface area is 98.2 Å². The van der Waals surface area contributed by atoms with E-state index in [4.69, 9.17) is 5.26 Å². The summed E-state index contributed by atoms with van der Waals surface area (Å²) in [7, 11) is 0. The van der Waals surface area contributed by atoms with E-state index in [0.717, 1.165) is 6.54 Å². The molecule has 1 aliphatic carbocycles. The number of amides is 1. The monoisotopic (exact) mass is 222 g/mol. The van der Waals surface area contributed by atoms with Crippen molar-refractivity contribution in [3.63, 3.8) is 0 Å². The van der Waals surface area contributed by atoms with Crippen LogP contribution in [0.25, 0.3) is 0 Å². The molecule has 0 aliphatic heterocycles. The highest BCUT2D eigenvalue weighted by Gasteiger charge is 2.37. The Morgan fingerprint density at radius 2 is 2.00 bits per heavy atom. The van der Waals surface area contributed by atoms with Crippen LogP contribution in [-0.4, -0.2) is 12.5 Å². The van der Waals surface area contributed by atoms with Crippen LogP contribution in [0.2, 0.25) is 0 Å². The molecule has 1 aliphatic rings. The van der Waals surface area contributed by atoms with E-state index in [-0.39, 0.29) is 11.3 Å². The summed E-state index contributed by atoms with van der Waals surface area (Å²) in [6.07, 6.45) is 4.80. The molecule has 0 bridgehead atoms. The van der Waals surface area contributed by atoms with Crippen LogP contribution in [-0.2, 0) is 4.79 Å². The van der Waals surface area contributed by atoms with Gasteiger partial charge in [0.05, 0.1) is 6.07 Å². The zero-order valence-electron chi connectivity index (χ0n) is 10.6. The lowest BCUT2D eigenvalue weighted by Gasteiger charge is -2.39. The molecule has 0 radical (unpaired) electrons. The number of hydrogen-bond acceptors (Lipinski definition) is 2. The summed E-state index contributed by atoms with van der Waals surface area (Å²) in [5.74, 6) is -0.0897. The van der Waals surface area contributed by atoms with Crippen molar-refractivity contribution in [1.82, 2.24) is 5.32 Å². The fourth-order valence-electron chi connectivity index (χ4n) is 2.20. The summed E-state index contributed by atoms with van der Waals surface area (Å²) < 4.78 is 0. The van der Waals surface area contributed by atoms with Gasteiger partial charge in [-0.3, -0.25) is 4.79 Å². The number of nitriles is 1. The first-order valence-electron chi connectivity index (χ1n) is 6.21. The zero-order chi connectivity index (χ0) is 12.2. The summed E-state index contributed by atoms with van der Waals surface area (Å²) in [4.78, 5) is 12.0. The predicted molar refractivity (Wildman–Crippen MR) is 63.6 cm³/mol. The average molecular weight is 222 g/mol. The second kappa shape index (κ2) is 4.86. The Morgan fingerprint density at radius 1 is 1.44 bits per heavy atom. The number of nitrogens with zero attached hydrogens (tertiary/aromatic N) is 1. The van der Waals surface area contributed by atoms with Crippen molar-refractivity contribution in [3.8, 4) is 6.07 Å². The SMILES string of the molecule is CCC(C#N)(CC)C(=O)NCC1(C)CCC1. The molecule has 0 atom stereocenters. The van der Waals surface area contributed by atoms with Crippen LogP contribution in [0.15, 0.2) is 0 Å². The lowest BCUT2D eigenvalue weighted by molar-refractivity contribution is -0.129. The van der Waals surface area contributed by atoms with Gasteiger partial charge in [-0.05, 0) is 31.1 Å². The summed E-state index contributed by atoms with van der Waals surface area (Å²) in [6.45, 7) is 6.71. The maximum atomic E-state index is 12.0. The Hall–Kier alpha value is -1.04. The van der Waals surface area contributed by atoms with Crippen LogP contribution < -0.4 is 5.32 Å². The van der Waals surface area contributed by atoms with Crippen LogP contribution in [0.5, 0.6) is 0 Å². The third-order valence-electron chi connectivity index (χ3n) is 4.09. The van der Waals surface area contributed by atoms with E-state index in [9.17, 15) is 4.79 Å². The summed E-state index contributed by atoms with van der Waals surface area (Å²) in [5, 5.41) is 12.1. The van der Waals surface area contributed by atoms with Crippen molar-refractivity contribution >= 4 is 5.91 Å². The fraction of sp³-hybridized carbons (Fsp3) is 0.846. The van der Waals surface area contributed by atoms with E-state index >= 15 is 0 Å². The van der Waals surface area contributed by atoms with Gasteiger partial charge in [-0.25, -0.2) is 0 Å². The second-order valence-corrected chi connectivity index (χ2v) is 5.25. The minimum Gasteiger partial charge on any atom is -0.354 e. The van der Waals surface area contributed by atoms with E-state index in [1.807, 2.05) is 13.8 Å². The van der Waals surface area contributed by atoms with Gasteiger partial charge in [-0.2, -0.15) is 5.26 Å².